The number of methoxy groups -OCH3 is 1. The van der Waals surface area contributed by atoms with E-state index in [1.165, 1.54) is 4.90 Å². The number of carbonyl (C=O) groups excluding carboxylic acids is 1. The van der Waals surface area contributed by atoms with Crippen molar-refractivity contribution >= 4 is 17.7 Å². The van der Waals surface area contributed by atoms with Gasteiger partial charge in [-0.2, -0.15) is 5.10 Å². The number of aromatic nitrogens is 2. The van der Waals surface area contributed by atoms with Gasteiger partial charge in [0, 0.05) is 43.5 Å². The van der Waals surface area contributed by atoms with Crippen LogP contribution in [0.25, 0.3) is 11.1 Å². The SMILES string of the molecule is CCN(C(=O)O)[C@@H]1C[C@H](C)[N+](C)(C(C)=O)c2ccc(-c3cnn(COC)c3)cc21. The van der Waals surface area contributed by atoms with Crippen LogP contribution < -0.4 is 4.48 Å². The van der Waals surface area contributed by atoms with Gasteiger partial charge in [-0.05, 0) is 31.5 Å². The molecule has 1 unspecified atom stereocenters. The highest BCUT2D eigenvalue weighted by atomic mass is 16.5. The minimum atomic E-state index is -0.951. The van der Waals surface area contributed by atoms with Gasteiger partial charge in [0.1, 0.15) is 12.4 Å². The smallest absolute Gasteiger partial charge is 0.407 e. The fourth-order valence-corrected chi connectivity index (χ4v) is 4.30. The van der Waals surface area contributed by atoms with Crippen LogP contribution in [0.3, 0.4) is 0 Å². The van der Waals surface area contributed by atoms with Crippen LogP contribution in [0.2, 0.25) is 0 Å². The summed E-state index contributed by atoms with van der Waals surface area (Å²) in [6.07, 6.45) is 3.28. The summed E-state index contributed by atoms with van der Waals surface area (Å²) in [4.78, 5) is 26.0. The second kappa shape index (κ2) is 7.96. The van der Waals surface area contributed by atoms with Crippen molar-refractivity contribution in [2.45, 2.75) is 46.0 Å². The average Bonchev–Trinajstić information content (AvgIpc) is 3.14. The van der Waals surface area contributed by atoms with Gasteiger partial charge in [-0.15, -0.1) is 0 Å². The maximum Gasteiger partial charge on any atom is 0.407 e. The molecule has 29 heavy (non-hydrogen) atoms. The van der Waals surface area contributed by atoms with Gasteiger partial charge >= 0.3 is 12.0 Å². The first-order valence-corrected chi connectivity index (χ1v) is 9.77. The van der Waals surface area contributed by atoms with Gasteiger partial charge in [-0.1, -0.05) is 0 Å². The molecule has 3 atom stereocenters. The molecule has 3 rings (SSSR count). The molecule has 0 spiro atoms. The number of ether oxygens (including phenoxy) is 1. The maximum atomic E-state index is 12.6. The fourth-order valence-electron chi connectivity index (χ4n) is 4.30. The Bertz CT molecular complexity index is 925. The number of fused-ring (bicyclic) bond motifs is 1. The standard InChI is InChI=1S/C21H28N4O4/c1-6-24(21(27)28)19-9-14(2)25(4,15(3)26)20-8-7-16(10-18(19)20)17-11-22-23(12-17)13-29-5/h7-8,10-12,14,19H,6,9,13H2,1-5H3/p+1/t14-,19+,25?/m0/s1. The lowest BCUT2D eigenvalue weighted by molar-refractivity contribution is -0.129. The van der Waals surface area contributed by atoms with E-state index in [1.54, 1.807) is 24.9 Å². The zero-order chi connectivity index (χ0) is 21.3. The Morgan fingerprint density at radius 2 is 2.10 bits per heavy atom. The Hall–Kier alpha value is -2.71. The summed E-state index contributed by atoms with van der Waals surface area (Å²) in [5.41, 5.74) is 3.58. The Morgan fingerprint density at radius 3 is 2.69 bits per heavy atom. The predicted octanol–water partition coefficient (Wildman–Crippen LogP) is 3.47. The number of quaternary nitrogens is 1. The number of rotatable bonds is 5. The molecular formula is C21H29N4O4+. The van der Waals surface area contributed by atoms with Gasteiger partial charge in [-0.3, -0.25) is 0 Å². The summed E-state index contributed by atoms with van der Waals surface area (Å²) in [6, 6.07) is 5.59. The summed E-state index contributed by atoms with van der Waals surface area (Å²) < 4.78 is 6.96. The Labute approximate surface area is 170 Å². The third kappa shape index (κ3) is 3.54. The lowest BCUT2D eigenvalue weighted by atomic mass is 9.86. The van der Waals surface area contributed by atoms with Crippen LogP contribution in [0, 0.1) is 0 Å². The van der Waals surface area contributed by atoms with Gasteiger partial charge in [0.15, 0.2) is 0 Å². The zero-order valence-electron chi connectivity index (χ0n) is 17.6. The second-order valence-electron chi connectivity index (χ2n) is 7.72. The van der Waals surface area contributed by atoms with E-state index >= 15 is 0 Å². The molecule has 2 aromatic rings. The van der Waals surface area contributed by atoms with Crippen molar-refractivity contribution in [3.63, 3.8) is 0 Å². The highest BCUT2D eigenvalue weighted by Gasteiger charge is 2.47. The Kier molecular flexibility index (Phi) is 5.77. The van der Waals surface area contributed by atoms with E-state index < -0.39 is 6.09 Å². The number of benzene rings is 1. The molecule has 8 heteroatoms. The summed E-state index contributed by atoms with van der Waals surface area (Å²) in [7, 11) is 3.52. The van der Waals surface area contributed by atoms with E-state index in [-0.39, 0.29) is 22.5 Å². The number of nitrogens with zero attached hydrogens (tertiary/aromatic N) is 4. The fraction of sp³-hybridized carbons (Fsp3) is 0.476. The first-order chi connectivity index (χ1) is 13.7. The quantitative estimate of drug-likeness (QED) is 0.776. The van der Waals surface area contributed by atoms with E-state index in [2.05, 4.69) is 5.10 Å². The summed E-state index contributed by atoms with van der Waals surface area (Å²) in [5.74, 6) is 0.0382. The number of amides is 2. The normalized spacial score (nSPS) is 23.5. The van der Waals surface area contributed by atoms with Crippen LogP contribution in [0.4, 0.5) is 10.5 Å². The van der Waals surface area contributed by atoms with Crippen LogP contribution in [-0.4, -0.2) is 58.5 Å². The van der Waals surface area contributed by atoms with Crippen molar-refractivity contribution in [1.29, 1.82) is 0 Å². The third-order valence-corrected chi connectivity index (χ3v) is 6.18. The van der Waals surface area contributed by atoms with Gasteiger partial charge in [0.25, 0.3) is 0 Å². The number of carbonyl (C=O) groups is 2. The van der Waals surface area contributed by atoms with Crippen LogP contribution in [-0.2, 0) is 16.3 Å². The molecule has 1 aliphatic heterocycles. The lowest BCUT2D eigenvalue weighted by Crippen LogP contribution is -2.60. The molecule has 1 aliphatic rings. The summed E-state index contributed by atoms with van der Waals surface area (Å²) in [6.45, 7) is 6.18. The molecule has 8 nitrogen and oxygen atoms in total. The molecule has 1 aromatic heterocycles. The third-order valence-electron chi connectivity index (χ3n) is 6.18. The minimum Gasteiger partial charge on any atom is -0.465 e. The number of carboxylic acid groups (broad SMARTS) is 1. The first-order valence-electron chi connectivity index (χ1n) is 9.77. The van der Waals surface area contributed by atoms with Gasteiger partial charge in [-0.25, -0.2) is 18.8 Å². The first kappa shape index (κ1) is 21.0. The lowest BCUT2D eigenvalue weighted by Gasteiger charge is -2.45. The zero-order valence-corrected chi connectivity index (χ0v) is 17.6. The summed E-state index contributed by atoms with van der Waals surface area (Å²) >= 11 is 0. The molecule has 1 aromatic carbocycles. The second-order valence-corrected chi connectivity index (χ2v) is 7.72. The van der Waals surface area contributed by atoms with Crippen LogP contribution >= 0.6 is 0 Å². The molecular weight excluding hydrogens is 372 g/mol. The largest absolute Gasteiger partial charge is 0.465 e. The minimum absolute atomic E-state index is 0.0336. The molecule has 0 fully saturated rings. The molecule has 0 aliphatic carbocycles. The predicted molar refractivity (Wildman–Crippen MR) is 110 cm³/mol. The molecule has 0 saturated carbocycles. The van der Waals surface area contributed by atoms with E-state index in [9.17, 15) is 14.7 Å². The molecule has 0 bridgehead atoms. The monoisotopic (exact) mass is 401 g/mol. The van der Waals surface area contributed by atoms with Gasteiger partial charge in [0.2, 0.25) is 0 Å². The van der Waals surface area contributed by atoms with Crippen LogP contribution in [0.15, 0.2) is 30.6 Å². The van der Waals surface area contributed by atoms with E-state index in [0.29, 0.717) is 19.7 Å². The highest BCUT2D eigenvalue weighted by molar-refractivity contribution is 5.89. The Morgan fingerprint density at radius 1 is 1.38 bits per heavy atom. The topological polar surface area (TPSA) is 84.7 Å². The van der Waals surface area contributed by atoms with E-state index in [1.807, 2.05) is 45.3 Å². The highest BCUT2D eigenvalue weighted by Crippen LogP contribution is 2.45. The van der Waals surface area contributed by atoms with Crippen LogP contribution in [0.5, 0.6) is 0 Å². The molecule has 2 heterocycles. The molecule has 0 saturated heterocycles. The average molecular weight is 401 g/mol. The molecule has 156 valence electrons. The number of hydrogen-bond donors (Lipinski definition) is 1. The van der Waals surface area contributed by atoms with Crippen molar-refractivity contribution in [3.05, 3.63) is 36.2 Å². The van der Waals surface area contributed by atoms with Crippen LogP contribution in [0.1, 0.15) is 38.8 Å². The van der Waals surface area contributed by atoms with Crippen molar-refractivity contribution in [2.24, 2.45) is 0 Å². The van der Waals surface area contributed by atoms with Crippen molar-refractivity contribution in [3.8, 4) is 11.1 Å². The summed E-state index contributed by atoms with van der Waals surface area (Å²) in [5, 5.41) is 14.0. The maximum absolute atomic E-state index is 12.6. The molecule has 2 amide bonds. The van der Waals surface area contributed by atoms with E-state index in [0.717, 1.165) is 22.4 Å². The number of hydrogen-bond acceptors (Lipinski definition) is 4. The van der Waals surface area contributed by atoms with E-state index in [4.69, 9.17) is 4.74 Å². The molecule has 1 N–H and O–H groups in total. The Balaban J connectivity index is 2.16. The van der Waals surface area contributed by atoms with Crippen molar-refractivity contribution in [2.75, 3.05) is 20.7 Å². The van der Waals surface area contributed by atoms with Gasteiger partial charge < -0.3 is 14.7 Å². The van der Waals surface area contributed by atoms with Crippen molar-refractivity contribution < 1.29 is 19.4 Å². The van der Waals surface area contributed by atoms with Gasteiger partial charge in [0.05, 0.1) is 32.3 Å². The molecule has 0 radical (unpaired) electrons. The van der Waals surface area contributed by atoms with Crippen molar-refractivity contribution in [1.82, 2.24) is 19.2 Å².